The fourth-order valence-corrected chi connectivity index (χ4v) is 19.0. The van der Waals surface area contributed by atoms with Gasteiger partial charge in [0.05, 0.1) is 85.4 Å². The minimum atomic E-state index is -2.80. The van der Waals surface area contributed by atoms with Crippen molar-refractivity contribution >= 4 is 11.8 Å². The maximum atomic E-state index is 13.7. The summed E-state index contributed by atoms with van der Waals surface area (Å²) in [7, 11) is 0. The lowest BCUT2D eigenvalue weighted by Crippen LogP contribution is -2.71. The second-order valence-electron chi connectivity index (χ2n) is 37.5. The zero-order valence-corrected chi connectivity index (χ0v) is 78.0. The van der Waals surface area contributed by atoms with Gasteiger partial charge in [0.25, 0.3) is 0 Å². The first kappa shape index (κ1) is 120. The van der Waals surface area contributed by atoms with Gasteiger partial charge in [0.1, 0.15) is 305 Å². The zero-order chi connectivity index (χ0) is 108. The Balaban J connectivity index is 0.906. The van der Waals surface area contributed by atoms with Gasteiger partial charge >= 0.3 is 0 Å². The minimum Gasteiger partial charge on any atom is -0.394 e. The van der Waals surface area contributed by atoms with Crippen LogP contribution in [0, 0.1) is 0 Å². The fourth-order valence-electron chi connectivity index (χ4n) is 19.0. The van der Waals surface area contributed by atoms with E-state index in [4.69, 9.17) is 118 Å². The highest BCUT2D eigenvalue weighted by molar-refractivity contribution is 5.73. The van der Waals surface area contributed by atoms with Gasteiger partial charge in [-0.15, -0.1) is 0 Å². The molecule has 64 atom stereocenters. The largest absolute Gasteiger partial charge is 0.394 e. The van der Waals surface area contributed by atoms with E-state index in [1.165, 1.54) is 6.92 Å². The van der Waals surface area contributed by atoms with E-state index in [1.807, 2.05) is 0 Å². The van der Waals surface area contributed by atoms with Crippen molar-refractivity contribution in [2.75, 3.05) is 79.3 Å². The number of rotatable bonds is 37. The first-order valence-corrected chi connectivity index (χ1v) is 47.0. The summed E-state index contributed by atoms with van der Waals surface area (Å²) in [5.74, 6) is -2.03. The van der Waals surface area contributed by atoms with Crippen LogP contribution in [-0.2, 0) is 128 Å². The Morgan fingerprint density at radius 1 is 0.218 bits per heavy atom. The van der Waals surface area contributed by atoms with E-state index < -0.39 is 484 Å². The van der Waals surface area contributed by atoms with Crippen molar-refractivity contribution < 1.29 is 317 Å². The van der Waals surface area contributed by atoms with Gasteiger partial charge in [-0.1, -0.05) is 0 Å². The summed E-state index contributed by atoms with van der Waals surface area (Å²) in [5, 5.41) is 422. The Morgan fingerprint density at radius 3 is 0.905 bits per heavy atom. The molecule has 13 aliphatic rings. The van der Waals surface area contributed by atoms with Crippen LogP contribution in [0.1, 0.15) is 20.8 Å². The number of amides is 2. The maximum absolute atomic E-state index is 13.7. The molecular formula is C81H136N2O64. The molecule has 13 aliphatic heterocycles. The first-order chi connectivity index (χ1) is 69.6. The minimum absolute atomic E-state index is 0.852. The van der Waals surface area contributed by atoms with E-state index in [1.54, 1.807) is 0 Å². The van der Waals surface area contributed by atoms with Gasteiger partial charge in [-0.25, -0.2) is 0 Å². The molecule has 0 aromatic heterocycles. The lowest BCUT2D eigenvalue weighted by Gasteiger charge is -2.52. The molecule has 0 saturated carbocycles. The van der Waals surface area contributed by atoms with Gasteiger partial charge in [-0.2, -0.15) is 0 Å². The maximum Gasteiger partial charge on any atom is 0.217 e. The monoisotopic (exact) mass is 2160 g/mol. The van der Waals surface area contributed by atoms with Crippen molar-refractivity contribution in [1.29, 1.82) is 0 Å². The molecule has 147 heavy (non-hydrogen) atoms. The summed E-state index contributed by atoms with van der Waals surface area (Å²) in [4.78, 5) is 26.6. The molecule has 66 nitrogen and oxygen atoms in total. The lowest BCUT2D eigenvalue weighted by molar-refractivity contribution is -0.412. The molecule has 0 aliphatic carbocycles. The molecule has 854 valence electrons. The Hall–Kier alpha value is -3.54. The molecule has 39 N–H and O–H groups in total. The molecule has 13 saturated heterocycles. The van der Waals surface area contributed by atoms with E-state index in [2.05, 4.69) is 10.6 Å². The van der Waals surface area contributed by atoms with Crippen LogP contribution in [0.25, 0.3) is 0 Å². The third-order valence-electron chi connectivity index (χ3n) is 27.5. The number of aliphatic hydroxyl groups excluding tert-OH is 37. The van der Waals surface area contributed by atoms with E-state index >= 15 is 0 Å². The van der Waals surface area contributed by atoms with Crippen LogP contribution in [0.15, 0.2) is 0 Å². The molecule has 0 aromatic carbocycles. The van der Waals surface area contributed by atoms with Crippen LogP contribution in [0.2, 0.25) is 0 Å². The molecule has 0 unspecified atom stereocenters. The third-order valence-corrected chi connectivity index (χ3v) is 27.5. The van der Waals surface area contributed by atoms with E-state index in [0.29, 0.717) is 0 Å². The molecular weight excluding hydrogens is 2020 g/mol. The lowest BCUT2D eigenvalue weighted by atomic mass is 9.93. The number of aliphatic hydroxyl groups is 37. The number of ether oxygens (including phenoxy) is 25. The summed E-state index contributed by atoms with van der Waals surface area (Å²) in [6.07, 6.45) is -140. The number of carbonyl (C=O) groups excluding carboxylic acids is 2. The molecule has 0 bridgehead atoms. The second kappa shape index (κ2) is 52.3. The Bertz CT molecular complexity index is 3990. The second-order valence-corrected chi connectivity index (χ2v) is 37.5. The van der Waals surface area contributed by atoms with Crippen LogP contribution in [-0.4, -0.2) is 673 Å². The van der Waals surface area contributed by atoms with Gasteiger partial charge in [0.15, 0.2) is 81.8 Å². The number of nitrogens with one attached hydrogen (secondary N) is 2. The van der Waals surface area contributed by atoms with Crippen molar-refractivity contribution in [3.05, 3.63) is 0 Å². The summed E-state index contributed by atoms with van der Waals surface area (Å²) in [6.45, 7) is -11.3. The Labute approximate surface area is 830 Å². The summed E-state index contributed by atoms with van der Waals surface area (Å²) >= 11 is 0. The number of carbonyl (C=O) groups is 2. The quantitative estimate of drug-likeness (QED) is 0.0275. The topological polar surface area (TPSA) is 1040 Å². The molecule has 0 aromatic rings. The summed E-state index contributed by atoms with van der Waals surface area (Å²) < 4.78 is 150. The Morgan fingerprint density at radius 2 is 0.497 bits per heavy atom. The van der Waals surface area contributed by atoms with E-state index in [9.17, 15) is 199 Å². The van der Waals surface area contributed by atoms with Crippen LogP contribution in [0.3, 0.4) is 0 Å². The molecule has 2 amide bonds. The van der Waals surface area contributed by atoms with Crippen LogP contribution in [0.4, 0.5) is 0 Å². The summed E-state index contributed by atoms with van der Waals surface area (Å²) in [5.41, 5.74) is 0. The summed E-state index contributed by atoms with van der Waals surface area (Å²) in [6, 6.07) is -4.08. The van der Waals surface area contributed by atoms with Crippen LogP contribution < -0.4 is 10.6 Å². The number of hydrogen-bond donors (Lipinski definition) is 39. The average molecular weight is 2160 g/mol. The van der Waals surface area contributed by atoms with Crippen molar-refractivity contribution in [2.24, 2.45) is 0 Å². The van der Waals surface area contributed by atoms with Crippen LogP contribution in [0.5, 0.6) is 0 Å². The normalized spacial score (nSPS) is 52.4. The molecule has 0 radical (unpaired) electrons. The highest BCUT2D eigenvalue weighted by Gasteiger charge is 2.64. The van der Waals surface area contributed by atoms with Crippen molar-refractivity contribution in [2.45, 2.75) is 414 Å². The SMILES string of the molecule is CC(=O)N[C@@H]1[C@@H](O[C@@H]2O[C@@H](C)[C@@H](O)[C@@H](O)[C@@H]2O)[C@H](O[C@@H]2O[C@H](CO)[C@@H](O[C@@H]3O[C@H](CO[C@H]4O[C@H](CO[C@H]5O[C@H](CO)[C@@H](O)[C@H](O)[C@@H]5O[C@H]5O[C@H](CO)[C@@H](O)[C@H](O)[C@@H]5O)[C@@H](O)[C@H](O[C@H]5O[C@H](CO)[C@@H](O)[C@H](O)[C@@H]5O)[C@@H]4O)[C@@H](O)[C@H](O[C@H]4O[C@H](CO[C@H]5O[C@H](CO)[C@@H](O)[C@H](O)[C@@H]5O[C@H]5O[C@H](CO)[C@@H](O)[C@H](O)[C@@H]5O)[C@@H](O)[C@H](O[C@H]5O[C@H](CO)[C@@H](O)[C@H](O)[C@@H]5O)[C@@H]4O)[C@@H]3O[C@@H]3OC[C@@H](O)[C@H](O)[C@H]3O)[C@H](O)[C@H]2NC(C)=O)[C@@H](CO)O[C@H]1O. The highest BCUT2D eigenvalue weighted by atomic mass is 16.8. The van der Waals surface area contributed by atoms with Gasteiger partial charge in [0.2, 0.25) is 11.8 Å². The predicted molar refractivity (Wildman–Crippen MR) is 443 cm³/mol. The molecule has 66 heteroatoms. The standard InChI is InChI=1S/C81H136N2O64/c1-16-33(95)45(107)53(115)73(127-16)141-62-32(83-18(3)93)69(122)128-27(11-91)61(62)140-70-31(82-17(2)92)44(106)60(26(10-90)135-70)139-81-68(147-71-52(114)34(96)19(94)12-123-71)65(144-78-59(121)64(143-75-55(117)47(109)36(98)21(5-85)130-75)42(104)29(137-78)15-126-80-67(51(113)40(102)25(9-89)134-80)146-77-57(119)49(111)38(100)23(7-87)132-77)43(105)30(138-81)13-124-72-58(120)63(142-74-54(116)46(108)35(97)20(4-84)129-74)41(103)28(136-72)14-125-79-66(50(112)39(101)24(8-88)133-79)145-76-56(118)48(110)37(99)22(6-86)131-76/h16,19-81,84-91,94-122H,4-15H2,1-3H3,(H,82,92)(H,83,93)/t16-,19+,20+,21+,22+,23+,24+,25+,26+,27+,28+,29+,30+,31+,32+,33+,34-,35+,36+,37+,38+,39+,40+,41+,42+,43+,44+,45+,46-,47-,48-,49-,50-,51-,52+,53-,54-,55-,56-,57-,58-,59-,60+,61+,62+,63-,64-,65-,66-,67-,68-,69+,70-,71-,72-,73-,74+,75+,76+,77+,78+,79-,80-,81-/m0/s1. The smallest absolute Gasteiger partial charge is 0.217 e. The van der Waals surface area contributed by atoms with Gasteiger partial charge in [-0.05, 0) is 6.92 Å². The van der Waals surface area contributed by atoms with E-state index in [-0.39, 0.29) is 0 Å². The predicted octanol–water partition coefficient (Wildman–Crippen LogP) is -27.4. The van der Waals surface area contributed by atoms with Crippen molar-refractivity contribution in [1.82, 2.24) is 10.6 Å². The number of hydrogen-bond acceptors (Lipinski definition) is 64. The molecule has 13 fully saturated rings. The Kier molecular flexibility index (Phi) is 42.9. The highest BCUT2D eigenvalue weighted by Crippen LogP contribution is 2.44. The average Bonchev–Trinajstić information content (AvgIpc) is 0.752. The molecule has 0 spiro atoms. The fraction of sp³-hybridized carbons (Fsp3) is 0.975. The van der Waals surface area contributed by atoms with Gasteiger partial charge in [-0.3, -0.25) is 9.59 Å². The van der Waals surface area contributed by atoms with Crippen LogP contribution >= 0.6 is 0 Å². The van der Waals surface area contributed by atoms with Gasteiger partial charge < -0.3 is 318 Å². The van der Waals surface area contributed by atoms with Gasteiger partial charge in [0, 0.05) is 13.8 Å². The van der Waals surface area contributed by atoms with Crippen molar-refractivity contribution in [3.8, 4) is 0 Å². The zero-order valence-electron chi connectivity index (χ0n) is 78.0. The van der Waals surface area contributed by atoms with E-state index in [0.717, 1.165) is 13.8 Å². The molecule has 13 heterocycles. The molecule has 13 rings (SSSR count). The van der Waals surface area contributed by atoms with Crippen molar-refractivity contribution in [3.63, 3.8) is 0 Å². The third kappa shape index (κ3) is 26.1. The first-order valence-electron chi connectivity index (χ1n) is 47.0.